The Morgan fingerprint density at radius 3 is 1.61 bits per heavy atom. The normalized spacial score (nSPS) is 11.7. The minimum atomic E-state index is -2.65. The Bertz CT molecular complexity index is 1070. The molecule has 4 heteroatoms. The summed E-state index contributed by atoms with van der Waals surface area (Å²) in [5.41, 5.74) is 1.07. The van der Waals surface area contributed by atoms with Crippen LogP contribution in [0.4, 0.5) is 4.39 Å². The van der Waals surface area contributed by atoms with Gasteiger partial charge in [0.05, 0.1) is 0 Å². The topological polar surface area (TPSA) is 26.3 Å². The van der Waals surface area contributed by atoms with E-state index in [0.29, 0.717) is 17.3 Å². The summed E-state index contributed by atoms with van der Waals surface area (Å²) in [5, 5.41) is 3.60. The Balaban J connectivity index is 2.03. The third-order valence-electron chi connectivity index (χ3n) is 5.73. The van der Waals surface area contributed by atoms with Crippen molar-refractivity contribution >= 4 is 29.1 Å². The molecule has 0 aliphatic heterocycles. The molecule has 0 atom stereocenters. The molecule has 0 amide bonds. The van der Waals surface area contributed by atoms with Crippen molar-refractivity contribution in [1.82, 2.24) is 0 Å². The number of halogens is 1. The molecule has 2 nitrogen and oxygen atoms in total. The first-order valence-corrected chi connectivity index (χ1v) is 12.4. The first-order valence-electron chi connectivity index (χ1n) is 10.2. The second kappa shape index (κ2) is 9.24. The SMILES string of the molecule is COC(=O)c1ccc(F)cc1C[PH](c1ccccc1)(c1ccccc1)c1ccccc1. The Morgan fingerprint density at radius 1 is 0.742 bits per heavy atom. The quantitative estimate of drug-likeness (QED) is 0.323. The van der Waals surface area contributed by atoms with Gasteiger partial charge >= 0.3 is 182 Å². The van der Waals surface area contributed by atoms with E-state index in [1.807, 2.05) is 54.6 Å². The molecule has 4 rings (SSSR count). The van der Waals surface area contributed by atoms with Crippen molar-refractivity contribution in [3.05, 3.63) is 126 Å². The predicted molar refractivity (Wildman–Crippen MR) is 128 cm³/mol. The summed E-state index contributed by atoms with van der Waals surface area (Å²) in [6.45, 7) is 0. The van der Waals surface area contributed by atoms with Crippen molar-refractivity contribution in [3.8, 4) is 0 Å². The van der Waals surface area contributed by atoms with Crippen LogP contribution >= 0.6 is 7.26 Å². The van der Waals surface area contributed by atoms with E-state index in [1.54, 1.807) is 0 Å². The molecule has 0 saturated heterocycles. The average molecular weight is 430 g/mol. The molecule has 0 saturated carbocycles. The van der Waals surface area contributed by atoms with Crippen LogP contribution in [-0.4, -0.2) is 13.1 Å². The predicted octanol–water partition coefficient (Wildman–Crippen LogP) is 4.84. The first kappa shape index (κ1) is 21.0. The van der Waals surface area contributed by atoms with E-state index < -0.39 is 13.2 Å². The van der Waals surface area contributed by atoms with Crippen LogP contribution in [0, 0.1) is 5.82 Å². The molecule has 0 N–H and O–H groups in total. The van der Waals surface area contributed by atoms with Crippen LogP contribution in [0.25, 0.3) is 0 Å². The van der Waals surface area contributed by atoms with E-state index in [9.17, 15) is 9.18 Å². The molecule has 0 aromatic heterocycles. The number of carbonyl (C=O) groups excluding carboxylic acids is 1. The Labute approximate surface area is 182 Å². The molecular weight excluding hydrogens is 406 g/mol. The van der Waals surface area contributed by atoms with Gasteiger partial charge in [0.25, 0.3) is 0 Å². The Kier molecular flexibility index (Phi) is 6.25. The molecule has 0 heterocycles. The molecule has 0 spiro atoms. The van der Waals surface area contributed by atoms with Crippen LogP contribution in [0.5, 0.6) is 0 Å². The van der Waals surface area contributed by atoms with E-state index in [0.717, 1.165) is 0 Å². The van der Waals surface area contributed by atoms with Gasteiger partial charge in [0.2, 0.25) is 0 Å². The summed E-state index contributed by atoms with van der Waals surface area (Å²) in [4.78, 5) is 12.5. The number of rotatable bonds is 6. The van der Waals surface area contributed by atoms with Crippen molar-refractivity contribution in [2.45, 2.75) is 6.16 Å². The molecule has 156 valence electrons. The van der Waals surface area contributed by atoms with Crippen molar-refractivity contribution in [2.75, 3.05) is 7.11 Å². The van der Waals surface area contributed by atoms with Gasteiger partial charge in [-0.15, -0.1) is 0 Å². The molecule has 0 fully saturated rings. The van der Waals surface area contributed by atoms with E-state index in [2.05, 4.69) is 36.4 Å². The van der Waals surface area contributed by atoms with Gasteiger partial charge < -0.3 is 0 Å². The molecule has 0 aliphatic carbocycles. The molecule has 0 radical (unpaired) electrons. The van der Waals surface area contributed by atoms with Gasteiger partial charge in [-0.05, 0) is 0 Å². The number of hydrogen-bond acceptors (Lipinski definition) is 2. The number of hydrogen-bond donors (Lipinski definition) is 0. The summed E-state index contributed by atoms with van der Waals surface area (Å²) in [5.74, 6) is -0.813. The fourth-order valence-corrected chi connectivity index (χ4v) is 9.04. The van der Waals surface area contributed by atoms with Crippen LogP contribution in [-0.2, 0) is 10.9 Å². The third kappa shape index (κ3) is 4.15. The Hall–Kier alpha value is -3.29. The summed E-state index contributed by atoms with van der Waals surface area (Å²) in [7, 11) is -1.30. The zero-order valence-electron chi connectivity index (χ0n) is 17.3. The summed E-state index contributed by atoms with van der Waals surface area (Å²) >= 11 is 0. The second-order valence-corrected chi connectivity index (χ2v) is 11.4. The zero-order chi connectivity index (χ0) is 21.7. The van der Waals surface area contributed by atoms with Gasteiger partial charge in [0.1, 0.15) is 0 Å². The van der Waals surface area contributed by atoms with Gasteiger partial charge in [-0.2, -0.15) is 0 Å². The van der Waals surface area contributed by atoms with Crippen molar-refractivity contribution in [1.29, 1.82) is 0 Å². The number of methoxy groups -OCH3 is 1. The average Bonchev–Trinajstić information content (AvgIpc) is 2.84. The van der Waals surface area contributed by atoms with Gasteiger partial charge in [-0.1, -0.05) is 0 Å². The molecule has 0 aliphatic rings. The van der Waals surface area contributed by atoms with E-state index in [1.165, 1.54) is 41.2 Å². The minimum absolute atomic E-state index is 0.361. The molecule has 31 heavy (non-hydrogen) atoms. The fraction of sp³-hybridized carbons (Fsp3) is 0.0741. The molecule has 4 aromatic carbocycles. The van der Waals surface area contributed by atoms with E-state index >= 15 is 0 Å². The first-order chi connectivity index (χ1) is 15.1. The summed E-state index contributed by atoms with van der Waals surface area (Å²) in [6, 6.07) is 35.4. The number of benzene rings is 4. The van der Waals surface area contributed by atoms with Crippen LogP contribution in [0.2, 0.25) is 0 Å². The van der Waals surface area contributed by atoms with Gasteiger partial charge in [-0.25, -0.2) is 0 Å². The molecular formula is C27H24FO2P. The zero-order valence-corrected chi connectivity index (χ0v) is 18.3. The molecule has 0 unspecified atom stereocenters. The van der Waals surface area contributed by atoms with E-state index in [-0.39, 0.29) is 5.82 Å². The van der Waals surface area contributed by atoms with Crippen LogP contribution in [0.1, 0.15) is 15.9 Å². The maximum atomic E-state index is 14.4. The number of carbonyl (C=O) groups is 1. The van der Waals surface area contributed by atoms with Crippen LogP contribution in [0.3, 0.4) is 0 Å². The van der Waals surface area contributed by atoms with Crippen LogP contribution in [0.15, 0.2) is 109 Å². The standard InChI is InChI=1S/C27H24FO2P/c1-30-27(29)26-18-17-22(28)19-21(26)20-31(23-11-5-2-6-12-23,24-13-7-3-8-14-24)25-15-9-4-10-16-25/h2-19,31H,20H2,1H3. The van der Waals surface area contributed by atoms with Gasteiger partial charge in [-0.3, -0.25) is 0 Å². The van der Waals surface area contributed by atoms with Crippen LogP contribution < -0.4 is 15.9 Å². The van der Waals surface area contributed by atoms with Crippen molar-refractivity contribution < 1.29 is 13.9 Å². The second-order valence-electron chi connectivity index (χ2n) is 7.47. The summed E-state index contributed by atoms with van der Waals surface area (Å²) in [6.07, 6.45) is 0.535. The van der Waals surface area contributed by atoms with E-state index in [4.69, 9.17) is 4.74 Å². The summed E-state index contributed by atoms with van der Waals surface area (Å²) < 4.78 is 19.4. The number of ether oxygens (including phenoxy) is 1. The number of esters is 1. The van der Waals surface area contributed by atoms with Gasteiger partial charge in [0.15, 0.2) is 0 Å². The molecule has 0 bridgehead atoms. The fourth-order valence-electron chi connectivity index (χ4n) is 4.28. The molecule has 4 aromatic rings. The van der Waals surface area contributed by atoms with Crippen molar-refractivity contribution in [3.63, 3.8) is 0 Å². The monoisotopic (exact) mass is 430 g/mol. The van der Waals surface area contributed by atoms with Crippen molar-refractivity contribution in [2.24, 2.45) is 0 Å². The Morgan fingerprint density at radius 2 is 1.19 bits per heavy atom. The maximum absolute atomic E-state index is 14.4. The third-order valence-corrected chi connectivity index (χ3v) is 10.6. The van der Waals surface area contributed by atoms with Gasteiger partial charge in [0, 0.05) is 0 Å².